The Morgan fingerprint density at radius 3 is 2.79 bits per heavy atom. The summed E-state index contributed by atoms with van der Waals surface area (Å²) in [5.41, 5.74) is 9.94. The Morgan fingerprint density at radius 1 is 1.11 bits per heavy atom. The predicted molar refractivity (Wildman–Crippen MR) is 75.5 cm³/mol. The number of hydrogen-bond donors (Lipinski definition) is 2. The number of benzene rings is 2. The third kappa shape index (κ3) is 2.42. The van der Waals surface area contributed by atoms with Crippen LogP contribution in [0.15, 0.2) is 36.4 Å². The highest BCUT2D eigenvalue weighted by atomic mass is 16.7. The third-order valence-electron chi connectivity index (χ3n) is 3.21. The molecule has 0 bridgehead atoms. The summed E-state index contributed by atoms with van der Waals surface area (Å²) in [6.07, 6.45) is 0. The van der Waals surface area contributed by atoms with Crippen molar-refractivity contribution in [3.05, 3.63) is 47.5 Å². The van der Waals surface area contributed by atoms with Gasteiger partial charge in [0.25, 0.3) is 0 Å². The predicted octanol–water partition coefficient (Wildman–Crippen LogP) is 2.92. The van der Waals surface area contributed by atoms with Crippen molar-refractivity contribution in [3.8, 4) is 11.5 Å². The molecule has 0 atom stereocenters. The smallest absolute Gasteiger partial charge is 0.231 e. The first-order chi connectivity index (χ1) is 9.22. The highest BCUT2D eigenvalue weighted by Crippen LogP contribution is 2.32. The summed E-state index contributed by atoms with van der Waals surface area (Å²) in [6.45, 7) is 3.02. The maximum atomic E-state index is 5.89. The minimum Gasteiger partial charge on any atom is -0.454 e. The summed E-state index contributed by atoms with van der Waals surface area (Å²) in [4.78, 5) is 0. The van der Waals surface area contributed by atoms with Crippen molar-refractivity contribution < 1.29 is 9.47 Å². The van der Waals surface area contributed by atoms with E-state index in [1.807, 2.05) is 43.3 Å². The first-order valence-corrected chi connectivity index (χ1v) is 6.21. The molecule has 0 amide bonds. The summed E-state index contributed by atoms with van der Waals surface area (Å²) in [5, 5.41) is 3.34. The van der Waals surface area contributed by atoms with Gasteiger partial charge in [0.1, 0.15) is 0 Å². The van der Waals surface area contributed by atoms with Gasteiger partial charge in [-0.15, -0.1) is 0 Å². The van der Waals surface area contributed by atoms with Crippen LogP contribution in [-0.4, -0.2) is 6.79 Å². The summed E-state index contributed by atoms with van der Waals surface area (Å²) in [7, 11) is 0. The minimum absolute atomic E-state index is 0.306. The van der Waals surface area contributed by atoms with Crippen LogP contribution in [0.2, 0.25) is 0 Å². The van der Waals surface area contributed by atoms with Gasteiger partial charge >= 0.3 is 0 Å². The lowest BCUT2D eigenvalue weighted by atomic mass is 10.1. The van der Waals surface area contributed by atoms with Crippen LogP contribution in [-0.2, 0) is 6.54 Å². The van der Waals surface area contributed by atoms with Gasteiger partial charge in [-0.1, -0.05) is 12.1 Å². The zero-order chi connectivity index (χ0) is 13.2. The van der Waals surface area contributed by atoms with Crippen molar-refractivity contribution in [1.82, 2.24) is 0 Å². The van der Waals surface area contributed by atoms with Gasteiger partial charge in [-0.25, -0.2) is 0 Å². The number of hydrogen-bond acceptors (Lipinski definition) is 4. The van der Waals surface area contributed by atoms with Crippen molar-refractivity contribution in [2.24, 2.45) is 0 Å². The highest BCUT2D eigenvalue weighted by Gasteiger charge is 2.12. The van der Waals surface area contributed by atoms with Crippen molar-refractivity contribution >= 4 is 11.4 Å². The number of aryl methyl sites for hydroxylation is 1. The van der Waals surface area contributed by atoms with E-state index < -0.39 is 0 Å². The van der Waals surface area contributed by atoms with Gasteiger partial charge in [0.15, 0.2) is 11.5 Å². The second-order valence-corrected chi connectivity index (χ2v) is 4.61. The lowest BCUT2D eigenvalue weighted by Crippen LogP contribution is -2.00. The van der Waals surface area contributed by atoms with Gasteiger partial charge in [0.2, 0.25) is 6.79 Å². The Labute approximate surface area is 112 Å². The quantitative estimate of drug-likeness (QED) is 0.829. The number of fused-ring (bicyclic) bond motifs is 1. The first kappa shape index (κ1) is 11.7. The fraction of sp³-hybridized carbons (Fsp3) is 0.200. The highest BCUT2D eigenvalue weighted by molar-refractivity contribution is 5.58. The molecule has 4 nitrogen and oxygen atoms in total. The van der Waals surface area contributed by atoms with E-state index in [1.165, 1.54) is 0 Å². The Morgan fingerprint density at radius 2 is 1.95 bits per heavy atom. The molecular weight excluding hydrogens is 240 g/mol. The number of nitrogens with two attached hydrogens (primary N) is 1. The Kier molecular flexibility index (Phi) is 2.91. The van der Waals surface area contributed by atoms with E-state index in [1.54, 1.807) is 0 Å². The minimum atomic E-state index is 0.306. The molecule has 1 aliphatic rings. The second-order valence-electron chi connectivity index (χ2n) is 4.61. The van der Waals surface area contributed by atoms with Crippen LogP contribution in [0.25, 0.3) is 0 Å². The molecule has 3 N–H and O–H groups in total. The number of ether oxygens (including phenoxy) is 2. The van der Waals surface area contributed by atoms with Crippen LogP contribution in [0.4, 0.5) is 11.4 Å². The zero-order valence-electron chi connectivity index (χ0n) is 10.8. The number of nitrogen functional groups attached to an aromatic ring is 1. The molecule has 0 aliphatic carbocycles. The van der Waals surface area contributed by atoms with Crippen LogP contribution < -0.4 is 20.5 Å². The zero-order valence-corrected chi connectivity index (χ0v) is 10.8. The molecule has 0 fully saturated rings. The summed E-state index contributed by atoms with van der Waals surface area (Å²) < 4.78 is 10.6. The normalized spacial score (nSPS) is 12.5. The number of nitrogens with one attached hydrogen (secondary N) is 1. The van der Waals surface area contributed by atoms with Crippen molar-refractivity contribution in [1.29, 1.82) is 0 Å². The van der Waals surface area contributed by atoms with Gasteiger partial charge in [-0.2, -0.15) is 0 Å². The average Bonchev–Trinajstić information content (AvgIpc) is 2.87. The van der Waals surface area contributed by atoms with Crippen LogP contribution in [0.5, 0.6) is 11.5 Å². The largest absolute Gasteiger partial charge is 0.454 e. The van der Waals surface area contributed by atoms with Crippen LogP contribution in [0.3, 0.4) is 0 Å². The van der Waals surface area contributed by atoms with E-state index in [4.69, 9.17) is 15.2 Å². The molecule has 19 heavy (non-hydrogen) atoms. The summed E-state index contributed by atoms with van der Waals surface area (Å²) in [5.74, 6) is 1.62. The molecule has 0 unspecified atom stereocenters. The lowest BCUT2D eigenvalue weighted by molar-refractivity contribution is 0.174. The molecule has 98 valence electrons. The van der Waals surface area contributed by atoms with E-state index in [0.717, 1.165) is 40.5 Å². The second kappa shape index (κ2) is 4.72. The first-order valence-electron chi connectivity index (χ1n) is 6.21. The van der Waals surface area contributed by atoms with Gasteiger partial charge < -0.3 is 20.5 Å². The molecule has 0 radical (unpaired) electrons. The summed E-state index contributed by atoms with van der Waals surface area (Å²) >= 11 is 0. The molecule has 0 saturated carbocycles. The Balaban J connectivity index is 1.70. The number of anilines is 2. The molecule has 2 aromatic rings. The maximum Gasteiger partial charge on any atom is 0.231 e. The molecule has 0 spiro atoms. The van der Waals surface area contributed by atoms with Crippen LogP contribution in [0.1, 0.15) is 11.1 Å². The van der Waals surface area contributed by atoms with E-state index >= 15 is 0 Å². The van der Waals surface area contributed by atoms with E-state index in [0.29, 0.717) is 6.79 Å². The third-order valence-corrected chi connectivity index (χ3v) is 3.21. The topological polar surface area (TPSA) is 56.5 Å². The SMILES string of the molecule is Cc1ccc(NCc2ccc3c(c2)OCO3)cc1N. The van der Waals surface area contributed by atoms with E-state index in [-0.39, 0.29) is 0 Å². The lowest BCUT2D eigenvalue weighted by Gasteiger charge is -2.09. The van der Waals surface area contributed by atoms with E-state index in [9.17, 15) is 0 Å². The molecule has 4 heteroatoms. The molecule has 0 aromatic heterocycles. The van der Waals surface area contributed by atoms with Gasteiger partial charge in [0, 0.05) is 17.9 Å². The van der Waals surface area contributed by atoms with Crippen molar-refractivity contribution in [3.63, 3.8) is 0 Å². The van der Waals surface area contributed by atoms with Gasteiger partial charge in [-0.05, 0) is 42.3 Å². The molecule has 1 heterocycles. The van der Waals surface area contributed by atoms with Crippen molar-refractivity contribution in [2.75, 3.05) is 17.8 Å². The maximum absolute atomic E-state index is 5.89. The van der Waals surface area contributed by atoms with Gasteiger partial charge in [0.05, 0.1) is 0 Å². The Hall–Kier alpha value is -2.36. The number of rotatable bonds is 3. The molecule has 2 aromatic carbocycles. The molecule has 0 saturated heterocycles. The van der Waals surface area contributed by atoms with Crippen LogP contribution in [0, 0.1) is 6.92 Å². The molecule has 1 aliphatic heterocycles. The standard InChI is InChI=1S/C15H16N2O2/c1-10-2-4-12(7-13(10)16)17-8-11-3-5-14-15(6-11)19-9-18-14/h2-7,17H,8-9,16H2,1H3. The van der Waals surface area contributed by atoms with E-state index in [2.05, 4.69) is 5.32 Å². The Bertz CT molecular complexity index is 611. The monoisotopic (exact) mass is 256 g/mol. The fourth-order valence-electron chi connectivity index (χ4n) is 2.01. The van der Waals surface area contributed by atoms with Gasteiger partial charge in [-0.3, -0.25) is 0 Å². The molecular formula is C15H16N2O2. The van der Waals surface area contributed by atoms with Crippen LogP contribution >= 0.6 is 0 Å². The molecule has 3 rings (SSSR count). The van der Waals surface area contributed by atoms with Crippen molar-refractivity contribution in [2.45, 2.75) is 13.5 Å². The fourth-order valence-corrected chi connectivity index (χ4v) is 2.01. The summed E-state index contributed by atoms with van der Waals surface area (Å²) in [6, 6.07) is 11.9. The average molecular weight is 256 g/mol.